The summed E-state index contributed by atoms with van der Waals surface area (Å²) in [5, 5.41) is 0.234. The quantitative estimate of drug-likeness (QED) is 0.495. The van der Waals surface area contributed by atoms with Crippen LogP contribution in [0.5, 0.6) is 0 Å². The molecule has 104 valence electrons. The first-order valence-corrected chi connectivity index (χ1v) is 7.45. The predicted molar refractivity (Wildman–Crippen MR) is 68.7 cm³/mol. The lowest BCUT2D eigenvalue weighted by Crippen LogP contribution is -2.46. The first-order chi connectivity index (χ1) is 8.62. The molecule has 0 aromatic carbocycles. The van der Waals surface area contributed by atoms with E-state index in [1.54, 1.807) is 0 Å². The standard InChI is InChI=1S/C10H14Br2O6/c11-1-8(13)17-5-10(3-15-7-16-4-10)6-18-9(14)2-12/h1-7H2. The fourth-order valence-electron chi connectivity index (χ4n) is 1.37. The number of halogens is 2. The number of alkyl halides is 2. The molecular weight excluding hydrogens is 376 g/mol. The SMILES string of the molecule is O=C(CBr)OCC1(COC(=O)CBr)COCOC1. The van der Waals surface area contributed by atoms with Crippen molar-refractivity contribution >= 4 is 43.8 Å². The van der Waals surface area contributed by atoms with Crippen LogP contribution < -0.4 is 0 Å². The predicted octanol–water partition coefficient (Wildman–Crippen LogP) is 0.853. The zero-order valence-corrected chi connectivity index (χ0v) is 12.8. The Balaban J connectivity index is 2.51. The molecule has 0 aromatic rings. The van der Waals surface area contributed by atoms with Gasteiger partial charge in [0.1, 0.15) is 30.7 Å². The molecule has 0 amide bonds. The summed E-state index contributed by atoms with van der Waals surface area (Å²) in [6.07, 6.45) is 0. The average Bonchev–Trinajstić information content (AvgIpc) is 2.43. The second kappa shape index (κ2) is 8.08. The molecule has 1 saturated heterocycles. The number of ether oxygens (including phenoxy) is 4. The van der Waals surface area contributed by atoms with Gasteiger partial charge < -0.3 is 18.9 Å². The first-order valence-electron chi connectivity index (χ1n) is 5.20. The highest BCUT2D eigenvalue weighted by Crippen LogP contribution is 2.23. The van der Waals surface area contributed by atoms with Crippen LogP contribution in [0.3, 0.4) is 0 Å². The number of esters is 2. The van der Waals surface area contributed by atoms with E-state index >= 15 is 0 Å². The largest absolute Gasteiger partial charge is 0.464 e. The van der Waals surface area contributed by atoms with Gasteiger partial charge in [-0.05, 0) is 0 Å². The summed E-state index contributed by atoms with van der Waals surface area (Å²) in [5.74, 6) is -0.765. The number of hydrogen-bond acceptors (Lipinski definition) is 6. The number of carbonyl (C=O) groups excluding carboxylic acids is 2. The maximum absolute atomic E-state index is 11.1. The Bertz CT molecular complexity index is 268. The third kappa shape index (κ3) is 5.21. The molecule has 0 atom stereocenters. The molecule has 1 heterocycles. The molecule has 0 saturated carbocycles. The molecule has 1 fully saturated rings. The summed E-state index contributed by atoms with van der Waals surface area (Å²) in [5.41, 5.74) is -0.631. The minimum Gasteiger partial charge on any atom is -0.464 e. The van der Waals surface area contributed by atoms with Crippen LogP contribution in [-0.4, -0.2) is 55.8 Å². The molecule has 0 radical (unpaired) electrons. The molecule has 18 heavy (non-hydrogen) atoms. The minimum atomic E-state index is -0.631. The van der Waals surface area contributed by atoms with Crippen molar-refractivity contribution in [2.45, 2.75) is 0 Å². The zero-order valence-electron chi connectivity index (χ0n) is 9.66. The first kappa shape index (κ1) is 15.9. The van der Waals surface area contributed by atoms with Gasteiger partial charge in [0, 0.05) is 0 Å². The fourth-order valence-corrected chi connectivity index (χ4v) is 1.69. The van der Waals surface area contributed by atoms with Crippen LogP contribution in [0.4, 0.5) is 0 Å². The van der Waals surface area contributed by atoms with E-state index in [0.29, 0.717) is 13.2 Å². The molecule has 6 nitrogen and oxygen atoms in total. The lowest BCUT2D eigenvalue weighted by molar-refractivity contribution is -0.200. The summed E-state index contributed by atoms with van der Waals surface area (Å²) in [7, 11) is 0. The van der Waals surface area contributed by atoms with Crippen molar-refractivity contribution in [3.05, 3.63) is 0 Å². The zero-order chi connectivity index (χ0) is 13.4. The van der Waals surface area contributed by atoms with E-state index in [9.17, 15) is 9.59 Å². The highest BCUT2D eigenvalue weighted by atomic mass is 79.9. The number of rotatable bonds is 6. The van der Waals surface area contributed by atoms with Gasteiger partial charge in [-0.2, -0.15) is 0 Å². The molecular formula is C10H14Br2O6. The van der Waals surface area contributed by atoms with Crippen LogP contribution in [0.1, 0.15) is 0 Å². The monoisotopic (exact) mass is 388 g/mol. The molecule has 0 aromatic heterocycles. The molecule has 8 heteroatoms. The van der Waals surface area contributed by atoms with Crippen molar-refractivity contribution in [1.82, 2.24) is 0 Å². The lowest BCUT2D eigenvalue weighted by Gasteiger charge is -2.35. The Morgan fingerprint density at radius 3 is 1.83 bits per heavy atom. The van der Waals surface area contributed by atoms with E-state index in [-0.39, 0.29) is 42.6 Å². The lowest BCUT2D eigenvalue weighted by atomic mass is 9.92. The number of hydrogen-bond donors (Lipinski definition) is 0. The molecule has 1 aliphatic rings. The van der Waals surface area contributed by atoms with E-state index < -0.39 is 5.41 Å². The van der Waals surface area contributed by atoms with E-state index in [4.69, 9.17) is 18.9 Å². The summed E-state index contributed by atoms with van der Waals surface area (Å²) in [6, 6.07) is 0. The normalized spacial score (nSPS) is 18.1. The highest BCUT2D eigenvalue weighted by Gasteiger charge is 2.37. The van der Waals surface area contributed by atoms with Crippen LogP contribution >= 0.6 is 31.9 Å². The van der Waals surface area contributed by atoms with Crippen molar-refractivity contribution in [3.63, 3.8) is 0 Å². The molecule has 0 unspecified atom stereocenters. The van der Waals surface area contributed by atoms with Gasteiger partial charge in [-0.25, -0.2) is 0 Å². The summed E-state index contributed by atoms with van der Waals surface area (Å²) < 4.78 is 20.5. The topological polar surface area (TPSA) is 71.1 Å². The molecule has 1 aliphatic heterocycles. The third-order valence-corrected chi connectivity index (χ3v) is 3.20. The van der Waals surface area contributed by atoms with Crippen molar-refractivity contribution in [2.75, 3.05) is 43.9 Å². The Morgan fingerprint density at radius 2 is 1.44 bits per heavy atom. The maximum atomic E-state index is 11.1. The Morgan fingerprint density at radius 1 is 1.00 bits per heavy atom. The van der Waals surface area contributed by atoms with Crippen molar-refractivity contribution in [1.29, 1.82) is 0 Å². The van der Waals surface area contributed by atoms with Crippen LogP contribution in [0.15, 0.2) is 0 Å². The van der Waals surface area contributed by atoms with E-state index in [2.05, 4.69) is 31.9 Å². The number of carbonyl (C=O) groups is 2. The molecule has 1 rings (SSSR count). The maximum Gasteiger partial charge on any atom is 0.316 e. The highest BCUT2D eigenvalue weighted by molar-refractivity contribution is 9.09. The van der Waals surface area contributed by atoms with Crippen molar-refractivity contribution in [3.8, 4) is 0 Å². The Kier molecular flexibility index (Phi) is 7.13. The third-order valence-electron chi connectivity index (χ3n) is 2.28. The average molecular weight is 390 g/mol. The summed E-state index contributed by atoms with van der Waals surface area (Å²) in [4.78, 5) is 22.2. The molecule has 0 bridgehead atoms. The van der Waals surface area contributed by atoms with Gasteiger partial charge in [0.05, 0.1) is 18.6 Å². The molecule has 0 aliphatic carbocycles. The molecule has 0 N–H and O–H groups in total. The smallest absolute Gasteiger partial charge is 0.316 e. The van der Waals surface area contributed by atoms with Crippen LogP contribution in [-0.2, 0) is 28.5 Å². The Labute approximate surface area is 122 Å². The van der Waals surface area contributed by atoms with Crippen LogP contribution in [0.2, 0.25) is 0 Å². The molecule has 0 spiro atoms. The fraction of sp³-hybridized carbons (Fsp3) is 0.800. The van der Waals surface area contributed by atoms with E-state index in [0.717, 1.165) is 0 Å². The van der Waals surface area contributed by atoms with E-state index in [1.165, 1.54) is 0 Å². The van der Waals surface area contributed by atoms with Gasteiger partial charge >= 0.3 is 11.9 Å². The van der Waals surface area contributed by atoms with Gasteiger partial charge in [0.15, 0.2) is 0 Å². The van der Waals surface area contributed by atoms with Crippen LogP contribution in [0.25, 0.3) is 0 Å². The van der Waals surface area contributed by atoms with Crippen LogP contribution in [0, 0.1) is 5.41 Å². The van der Waals surface area contributed by atoms with Crippen molar-refractivity contribution in [2.24, 2.45) is 5.41 Å². The minimum absolute atomic E-state index is 0.0903. The summed E-state index contributed by atoms with van der Waals surface area (Å²) >= 11 is 6.00. The van der Waals surface area contributed by atoms with Gasteiger partial charge in [0.25, 0.3) is 0 Å². The van der Waals surface area contributed by atoms with E-state index in [1.807, 2.05) is 0 Å². The summed E-state index contributed by atoms with van der Waals surface area (Å²) in [6.45, 7) is 1.01. The Hall–Kier alpha value is -0.180. The van der Waals surface area contributed by atoms with Gasteiger partial charge in [-0.15, -0.1) is 0 Å². The van der Waals surface area contributed by atoms with Crippen molar-refractivity contribution < 1.29 is 28.5 Å². The second-order valence-corrected chi connectivity index (χ2v) is 5.02. The second-order valence-electron chi connectivity index (χ2n) is 3.90. The van der Waals surface area contributed by atoms with Gasteiger partial charge in [-0.1, -0.05) is 31.9 Å². The van der Waals surface area contributed by atoms with Gasteiger partial charge in [-0.3, -0.25) is 9.59 Å². The van der Waals surface area contributed by atoms with Gasteiger partial charge in [0.2, 0.25) is 0 Å².